The van der Waals surface area contributed by atoms with Crippen molar-refractivity contribution in [3.63, 3.8) is 0 Å². The summed E-state index contributed by atoms with van der Waals surface area (Å²) in [4.78, 5) is 25.4. The average molecular weight is 401 g/mol. The molecule has 0 spiro atoms. The number of imidazole rings is 1. The second-order valence-corrected chi connectivity index (χ2v) is 7.82. The number of fused-ring (bicyclic) bond motifs is 3. The predicted octanol–water partition coefficient (Wildman–Crippen LogP) is 3.87. The van der Waals surface area contributed by atoms with Gasteiger partial charge in [-0.05, 0) is 32.0 Å². The normalized spacial score (nSPS) is 14.6. The van der Waals surface area contributed by atoms with Crippen LogP contribution in [0.2, 0.25) is 5.02 Å². The molecule has 1 aromatic carbocycles. The monoisotopic (exact) mass is 400 g/mol. The number of carbonyl (C=O) groups excluding carboxylic acids is 1. The SMILES string of the molecule is CCc1nc(-c2ncn3c2C(C)(C)N(C(=O)N(C)C)c2cc(Cl)ccc2-3)no1. The lowest BCUT2D eigenvalue weighted by molar-refractivity contribution is 0.215. The van der Waals surface area contributed by atoms with Crippen LogP contribution in [-0.2, 0) is 12.0 Å². The van der Waals surface area contributed by atoms with Gasteiger partial charge >= 0.3 is 6.03 Å². The topological polar surface area (TPSA) is 80.3 Å². The van der Waals surface area contributed by atoms with Gasteiger partial charge in [0.15, 0.2) is 0 Å². The van der Waals surface area contributed by atoms with Crippen LogP contribution in [0.4, 0.5) is 10.5 Å². The molecule has 146 valence electrons. The Balaban J connectivity index is 2.00. The maximum Gasteiger partial charge on any atom is 0.324 e. The molecule has 2 amide bonds. The largest absolute Gasteiger partial charge is 0.339 e. The molecule has 0 radical (unpaired) electrons. The number of carbonyl (C=O) groups is 1. The first-order valence-electron chi connectivity index (χ1n) is 8.98. The Kier molecular flexibility index (Phi) is 4.19. The quantitative estimate of drug-likeness (QED) is 0.652. The van der Waals surface area contributed by atoms with E-state index in [1.807, 2.05) is 31.4 Å². The maximum absolute atomic E-state index is 13.1. The zero-order valence-corrected chi connectivity index (χ0v) is 17.2. The van der Waals surface area contributed by atoms with E-state index < -0.39 is 5.54 Å². The van der Waals surface area contributed by atoms with Crippen molar-refractivity contribution in [1.82, 2.24) is 24.6 Å². The van der Waals surface area contributed by atoms with Crippen molar-refractivity contribution in [1.29, 1.82) is 0 Å². The minimum atomic E-state index is -0.738. The highest BCUT2D eigenvalue weighted by Gasteiger charge is 2.45. The molecule has 2 aromatic heterocycles. The lowest BCUT2D eigenvalue weighted by atomic mass is 9.91. The van der Waals surface area contributed by atoms with Crippen molar-refractivity contribution in [3.8, 4) is 17.2 Å². The summed E-state index contributed by atoms with van der Waals surface area (Å²) in [5.74, 6) is 0.951. The van der Waals surface area contributed by atoms with E-state index in [0.717, 1.165) is 17.1 Å². The van der Waals surface area contributed by atoms with E-state index in [0.29, 0.717) is 28.9 Å². The van der Waals surface area contributed by atoms with Crippen molar-refractivity contribution in [2.45, 2.75) is 32.7 Å². The van der Waals surface area contributed by atoms with E-state index in [-0.39, 0.29) is 6.03 Å². The van der Waals surface area contributed by atoms with Crippen LogP contribution in [0.15, 0.2) is 29.0 Å². The summed E-state index contributed by atoms with van der Waals surface area (Å²) in [6.07, 6.45) is 2.36. The van der Waals surface area contributed by atoms with Gasteiger partial charge < -0.3 is 9.42 Å². The van der Waals surface area contributed by atoms with Crippen molar-refractivity contribution in [3.05, 3.63) is 41.1 Å². The van der Waals surface area contributed by atoms with Crippen molar-refractivity contribution >= 4 is 23.3 Å². The molecule has 0 unspecified atom stereocenters. The van der Waals surface area contributed by atoms with Gasteiger partial charge in [-0.2, -0.15) is 4.98 Å². The molecule has 0 saturated heterocycles. The van der Waals surface area contributed by atoms with Crippen molar-refractivity contribution in [2.24, 2.45) is 0 Å². The molecule has 28 heavy (non-hydrogen) atoms. The fourth-order valence-corrected chi connectivity index (χ4v) is 3.77. The number of aryl methyl sites for hydroxylation is 1. The summed E-state index contributed by atoms with van der Waals surface area (Å²) >= 11 is 6.26. The van der Waals surface area contributed by atoms with E-state index in [1.165, 1.54) is 0 Å². The number of rotatable bonds is 2. The van der Waals surface area contributed by atoms with Gasteiger partial charge in [0.05, 0.1) is 22.6 Å². The molecule has 0 saturated carbocycles. The lowest BCUT2D eigenvalue weighted by Crippen LogP contribution is -2.53. The van der Waals surface area contributed by atoms with Crippen molar-refractivity contribution < 1.29 is 9.32 Å². The first-order chi connectivity index (χ1) is 13.3. The molecule has 8 nitrogen and oxygen atoms in total. The van der Waals surface area contributed by atoms with Gasteiger partial charge in [0, 0.05) is 25.5 Å². The predicted molar refractivity (Wildman–Crippen MR) is 106 cm³/mol. The van der Waals surface area contributed by atoms with Gasteiger partial charge in [-0.3, -0.25) is 9.47 Å². The fraction of sp³-hybridized carbons (Fsp3) is 0.368. The minimum absolute atomic E-state index is 0.158. The highest BCUT2D eigenvalue weighted by atomic mass is 35.5. The summed E-state index contributed by atoms with van der Waals surface area (Å²) in [6.45, 7) is 5.88. The number of anilines is 1. The molecule has 3 aromatic rings. The Hall–Kier alpha value is -2.87. The first-order valence-corrected chi connectivity index (χ1v) is 9.35. The molecule has 0 aliphatic carbocycles. The highest BCUT2D eigenvalue weighted by Crippen LogP contribution is 2.46. The Bertz CT molecular complexity index is 1070. The standard InChI is InChI=1S/C19H21ClN6O2/c1-6-14-22-17(23-28-14)15-16-19(2,3)26(18(27)24(4)5)13-9-11(20)7-8-12(13)25(16)10-21-15/h7-10H,6H2,1-5H3. The number of benzene rings is 1. The van der Waals surface area contributed by atoms with Crippen LogP contribution in [0.5, 0.6) is 0 Å². The molecule has 0 N–H and O–H groups in total. The molecule has 3 heterocycles. The number of aromatic nitrogens is 4. The molecule has 0 bridgehead atoms. The molecular formula is C19H21ClN6O2. The van der Waals surface area contributed by atoms with E-state index in [9.17, 15) is 4.79 Å². The van der Waals surface area contributed by atoms with Gasteiger partial charge in [-0.25, -0.2) is 9.78 Å². The smallest absolute Gasteiger partial charge is 0.324 e. The van der Waals surface area contributed by atoms with Crippen LogP contribution >= 0.6 is 11.6 Å². The van der Waals surface area contributed by atoms with Crippen LogP contribution in [-0.4, -0.2) is 44.7 Å². The zero-order chi connectivity index (χ0) is 20.2. The highest BCUT2D eigenvalue weighted by molar-refractivity contribution is 6.31. The number of hydrogen-bond acceptors (Lipinski definition) is 5. The Labute approximate surface area is 167 Å². The fourth-order valence-electron chi connectivity index (χ4n) is 3.60. The van der Waals surface area contributed by atoms with Crippen LogP contribution in [0.3, 0.4) is 0 Å². The molecule has 9 heteroatoms. The Morgan fingerprint density at radius 3 is 2.68 bits per heavy atom. The summed E-state index contributed by atoms with van der Waals surface area (Å²) in [6, 6.07) is 5.32. The van der Waals surface area contributed by atoms with Crippen LogP contribution in [0.1, 0.15) is 32.4 Å². The molecule has 1 aliphatic heterocycles. The second-order valence-electron chi connectivity index (χ2n) is 7.38. The van der Waals surface area contributed by atoms with E-state index in [1.54, 1.807) is 42.4 Å². The van der Waals surface area contributed by atoms with E-state index in [4.69, 9.17) is 16.1 Å². The maximum atomic E-state index is 13.1. The van der Waals surface area contributed by atoms with Gasteiger partial charge in [0.1, 0.15) is 12.0 Å². The summed E-state index contributed by atoms with van der Waals surface area (Å²) < 4.78 is 7.24. The van der Waals surface area contributed by atoms with E-state index >= 15 is 0 Å². The summed E-state index contributed by atoms with van der Waals surface area (Å²) in [5, 5.41) is 4.64. The third-order valence-electron chi connectivity index (χ3n) is 4.90. The van der Waals surface area contributed by atoms with E-state index in [2.05, 4.69) is 15.1 Å². The molecular weight excluding hydrogens is 380 g/mol. The van der Waals surface area contributed by atoms with Crippen LogP contribution in [0, 0.1) is 0 Å². The third kappa shape index (κ3) is 2.59. The van der Waals surface area contributed by atoms with Gasteiger partial charge in [0.2, 0.25) is 11.7 Å². The molecule has 0 atom stereocenters. The van der Waals surface area contributed by atoms with Gasteiger partial charge in [0.25, 0.3) is 0 Å². The number of halogens is 1. The van der Waals surface area contributed by atoms with Crippen LogP contribution < -0.4 is 4.90 Å². The van der Waals surface area contributed by atoms with Gasteiger partial charge in [-0.1, -0.05) is 23.7 Å². The third-order valence-corrected chi connectivity index (χ3v) is 5.14. The minimum Gasteiger partial charge on any atom is -0.339 e. The molecule has 1 aliphatic rings. The van der Waals surface area contributed by atoms with Crippen molar-refractivity contribution in [2.75, 3.05) is 19.0 Å². The van der Waals surface area contributed by atoms with Crippen LogP contribution in [0.25, 0.3) is 17.2 Å². The number of hydrogen-bond donors (Lipinski definition) is 0. The second kappa shape index (κ2) is 6.34. The zero-order valence-electron chi connectivity index (χ0n) is 16.4. The first kappa shape index (κ1) is 18.5. The summed E-state index contributed by atoms with van der Waals surface area (Å²) in [5.41, 5.74) is 2.19. The Morgan fingerprint density at radius 2 is 2.04 bits per heavy atom. The number of nitrogens with zero attached hydrogens (tertiary/aromatic N) is 6. The summed E-state index contributed by atoms with van der Waals surface area (Å²) in [7, 11) is 3.45. The molecule has 4 rings (SSSR count). The molecule has 0 fully saturated rings. The Morgan fingerprint density at radius 1 is 1.29 bits per heavy atom. The average Bonchev–Trinajstić information content (AvgIpc) is 3.28. The van der Waals surface area contributed by atoms with Gasteiger partial charge in [-0.15, -0.1) is 0 Å². The lowest BCUT2D eigenvalue weighted by Gasteiger charge is -2.44. The number of amides is 2. The number of urea groups is 1.